The van der Waals surface area contributed by atoms with E-state index in [0.717, 1.165) is 40.9 Å². The van der Waals surface area contributed by atoms with Crippen molar-refractivity contribution < 1.29 is 0 Å². The molecule has 0 saturated carbocycles. The summed E-state index contributed by atoms with van der Waals surface area (Å²) >= 11 is 1.80. The molecule has 0 aliphatic rings. The van der Waals surface area contributed by atoms with Gasteiger partial charge in [0.2, 0.25) is 0 Å². The van der Waals surface area contributed by atoms with Gasteiger partial charge in [0.1, 0.15) is 11.4 Å². The molecule has 0 fully saturated rings. The van der Waals surface area contributed by atoms with Gasteiger partial charge in [0.15, 0.2) is 0 Å². The van der Waals surface area contributed by atoms with Crippen molar-refractivity contribution in [3.8, 4) is 0 Å². The number of nitrogens with zero attached hydrogens (tertiary/aromatic N) is 2. The van der Waals surface area contributed by atoms with E-state index in [9.17, 15) is 0 Å². The summed E-state index contributed by atoms with van der Waals surface area (Å²) in [5, 5.41) is 2.22. The van der Waals surface area contributed by atoms with Crippen molar-refractivity contribution in [2.45, 2.75) is 37.3 Å². The molecule has 1 heterocycles. The fraction of sp³-hybridized carbons (Fsp3) is 0.429. The predicted octanol–water partition coefficient (Wildman–Crippen LogP) is 3.24. The predicted molar refractivity (Wildman–Crippen MR) is 77.8 cm³/mol. The van der Waals surface area contributed by atoms with Crippen LogP contribution in [0.3, 0.4) is 0 Å². The molecule has 4 heteroatoms. The Kier molecular flexibility index (Phi) is 4.96. The molecule has 1 unspecified atom stereocenters. The van der Waals surface area contributed by atoms with Crippen molar-refractivity contribution >= 4 is 22.7 Å². The largest absolute Gasteiger partial charge is 0.328 e. The van der Waals surface area contributed by atoms with E-state index in [-0.39, 0.29) is 0 Å². The molecule has 0 bridgehead atoms. The number of benzene rings is 1. The topological polar surface area (TPSA) is 51.8 Å². The number of fused-ring (bicyclic) bond motifs is 1. The first kappa shape index (κ1) is 13.3. The lowest BCUT2D eigenvalue weighted by Gasteiger charge is -2.08. The highest BCUT2D eigenvalue weighted by atomic mass is 32.2. The van der Waals surface area contributed by atoms with E-state index >= 15 is 0 Å². The van der Waals surface area contributed by atoms with Gasteiger partial charge >= 0.3 is 0 Å². The van der Waals surface area contributed by atoms with E-state index in [1.807, 2.05) is 18.2 Å². The van der Waals surface area contributed by atoms with Crippen molar-refractivity contribution in [3.63, 3.8) is 0 Å². The normalized spacial score (nSPS) is 12.8. The summed E-state index contributed by atoms with van der Waals surface area (Å²) in [7, 11) is 0. The van der Waals surface area contributed by atoms with Crippen molar-refractivity contribution in [2.24, 2.45) is 5.73 Å². The summed E-state index contributed by atoms with van der Waals surface area (Å²) < 4.78 is 0. The van der Waals surface area contributed by atoms with Gasteiger partial charge in [0.05, 0.1) is 5.52 Å². The number of para-hydroxylation sites is 1. The number of rotatable bonds is 6. The summed E-state index contributed by atoms with van der Waals surface area (Å²) in [6, 6.07) is 8.48. The zero-order valence-corrected chi connectivity index (χ0v) is 11.5. The highest BCUT2D eigenvalue weighted by molar-refractivity contribution is 7.99. The molecule has 1 aromatic carbocycles. The molecule has 0 amide bonds. The second-order valence-electron chi connectivity index (χ2n) is 4.35. The quantitative estimate of drug-likeness (QED) is 0.493. The van der Waals surface area contributed by atoms with Gasteiger partial charge in [0.25, 0.3) is 0 Å². The van der Waals surface area contributed by atoms with Gasteiger partial charge in [-0.3, -0.25) is 0 Å². The Labute approximate surface area is 112 Å². The zero-order chi connectivity index (χ0) is 12.8. The van der Waals surface area contributed by atoms with Crippen LogP contribution in [0.15, 0.2) is 35.6 Å². The van der Waals surface area contributed by atoms with Gasteiger partial charge in [-0.05, 0) is 31.1 Å². The minimum atomic E-state index is 0.341. The first-order valence-corrected chi connectivity index (χ1v) is 7.38. The number of aromatic nitrogens is 2. The Morgan fingerprint density at radius 1 is 1.28 bits per heavy atom. The number of hydrogen-bond donors (Lipinski definition) is 1. The molecule has 3 nitrogen and oxygen atoms in total. The number of hydrogen-bond acceptors (Lipinski definition) is 4. The molecule has 2 N–H and O–H groups in total. The fourth-order valence-corrected chi connectivity index (χ4v) is 2.77. The van der Waals surface area contributed by atoms with Crippen LogP contribution in [0.25, 0.3) is 10.9 Å². The zero-order valence-electron chi connectivity index (χ0n) is 10.7. The van der Waals surface area contributed by atoms with Crippen LogP contribution < -0.4 is 5.73 Å². The van der Waals surface area contributed by atoms with Crippen LogP contribution >= 0.6 is 11.8 Å². The average Bonchev–Trinajstić information content (AvgIpc) is 2.43. The van der Waals surface area contributed by atoms with Crippen LogP contribution in [-0.4, -0.2) is 21.8 Å². The van der Waals surface area contributed by atoms with E-state index in [4.69, 9.17) is 5.73 Å². The summed E-state index contributed by atoms with van der Waals surface area (Å²) in [5.41, 5.74) is 6.92. The lowest BCUT2D eigenvalue weighted by Crippen LogP contribution is -2.18. The molecule has 1 atom stereocenters. The Balaban J connectivity index is 1.95. The first-order valence-electron chi connectivity index (χ1n) is 6.39. The summed E-state index contributed by atoms with van der Waals surface area (Å²) in [6.07, 6.45) is 4.92. The van der Waals surface area contributed by atoms with Crippen LogP contribution in [0.1, 0.15) is 26.2 Å². The Morgan fingerprint density at radius 2 is 2.11 bits per heavy atom. The van der Waals surface area contributed by atoms with Gasteiger partial charge in [-0.25, -0.2) is 9.97 Å². The lowest BCUT2D eigenvalue weighted by atomic mass is 10.1. The van der Waals surface area contributed by atoms with Crippen LogP contribution in [0, 0.1) is 0 Å². The van der Waals surface area contributed by atoms with Gasteiger partial charge in [0, 0.05) is 11.4 Å². The van der Waals surface area contributed by atoms with Crippen LogP contribution in [0.5, 0.6) is 0 Å². The van der Waals surface area contributed by atoms with Crippen LogP contribution in [0.4, 0.5) is 0 Å². The van der Waals surface area contributed by atoms with Gasteiger partial charge in [-0.1, -0.05) is 25.1 Å². The van der Waals surface area contributed by atoms with Gasteiger partial charge < -0.3 is 5.73 Å². The molecular formula is C14H19N3S. The minimum absolute atomic E-state index is 0.341. The van der Waals surface area contributed by atoms with Crippen molar-refractivity contribution in [2.75, 3.05) is 5.75 Å². The second-order valence-corrected chi connectivity index (χ2v) is 5.44. The lowest BCUT2D eigenvalue weighted by molar-refractivity contribution is 0.589. The SMILES string of the molecule is CCC(N)CCCSc1ncnc2ccccc12. The van der Waals surface area contributed by atoms with E-state index in [0.29, 0.717) is 6.04 Å². The van der Waals surface area contributed by atoms with Gasteiger partial charge in [-0.15, -0.1) is 11.8 Å². The molecular weight excluding hydrogens is 242 g/mol. The summed E-state index contributed by atoms with van der Waals surface area (Å²) in [5.74, 6) is 1.06. The van der Waals surface area contributed by atoms with Crippen molar-refractivity contribution in [3.05, 3.63) is 30.6 Å². The van der Waals surface area contributed by atoms with E-state index in [1.165, 1.54) is 0 Å². The molecule has 0 radical (unpaired) electrons. The van der Waals surface area contributed by atoms with Gasteiger partial charge in [-0.2, -0.15) is 0 Å². The molecule has 0 spiro atoms. The Hall–Kier alpha value is -1.13. The maximum Gasteiger partial charge on any atom is 0.117 e. The molecule has 1 aromatic heterocycles. The standard InChI is InChI=1S/C14H19N3S/c1-2-11(15)6-5-9-18-14-12-7-3-4-8-13(12)16-10-17-14/h3-4,7-8,10-11H,2,5-6,9,15H2,1H3. The average molecular weight is 261 g/mol. The third-order valence-corrected chi connectivity index (χ3v) is 4.08. The van der Waals surface area contributed by atoms with Crippen LogP contribution in [-0.2, 0) is 0 Å². The minimum Gasteiger partial charge on any atom is -0.328 e. The fourth-order valence-electron chi connectivity index (χ4n) is 1.81. The number of thioether (sulfide) groups is 1. The summed E-state index contributed by atoms with van der Waals surface area (Å²) in [6.45, 7) is 2.13. The molecule has 18 heavy (non-hydrogen) atoms. The molecule has 0 saturated heterocycles. The molecule has 96 valence electrons. The molecule has 0 aliphatic heterocycles. The second kappa shape index (κ2) is 6.71. The first-order chi connectivity index (χ1) is 8.81. The van der Waals surface area contributed by atoms with E-state index < -0.39 is 0 Å². The maximum atomic E-state index is 5.91. The maximum absolute atomic E-state index is 5.91. The third kappa shape index (κ3) is 3.43. The molecule has 2 rings (SSSR count). The summed E-state index contributed by atoms with van der Waals surface area (Å²) in [4.78, 5) is 8.63. The van der Waals surface area contributed by atoms with E-state index in [2.05, 4.69) is 23.0 Å². The molecule has 0 aliphatic carbocycles. The monoisotopic (exact) mass is 261 g/mol. The Morgan fingerprint density at radius 3 is 2.94 bits per heavy atom. The van der Waals surface area contributed by atoms with E-state index in [1.54, 1.807) is 18.1 Å². The van der Waals surface area contributed by atoms with Crippen molar-refractivity contribution in [1.82, 2.24) is 9.97 Å². The number of nitrogens with two attached hydrogens (primary N) is 1. The van der Waals surface area contributed by atoms with Crippen molar-refractivity contribution in [1.29, 1.82) is 0 Å². The molecule has 2 aromatic rings. The van der Waals surface area contributed by atoms with Crippen LogP contribution in [0.2, 0.25) is 0 Å². The smallest absolute Gasteiger partial charge is 0.117 e. The highest BCUT2D eigenvalue weighted by Gasteiger charge is 2.04. The third-order valence-electron chi connectivity index (χ3n) is 2.99. The highest BCUT2D eigenvalue weighted by Crippen LogP contribution is 2.24. The Bertz CT molecular complexity index is 496.